The van der Waals surface area contributed by atoms with Crippen molar-refractivity contribution in [2.24, 2.45) is 0 Å². The van der Waals surface area contributed by atoms with Crippen LogP contribution in [0, 0.1) is 22.9 Å². The lowest BCUT2D eigenvalue weighted by Gasteiger charge is -2.26. The van der Waals surface area contributed by atoms with Crippen LogP contribution in [0.15, 0.2) is 41.3 Å². The first-order chi connectivity index (χ1) is 13.7. The number of nitro benzene ring substituents is 1. The molecule has 1 aliphatic heterocycles. The standard InChI is InChI=1S/C18H18FN3O6S/c1-12-15(3-2-4-16(12)22(24)25)20-18(23)13-5-6-14(19)17(11-13)29(26,27)21-7-9-28-10-8-21/h2-6,11H,7-10H2,1H3,(H,20,23). The lowest BCUT2D eigenvalue weighted by atomic mass is 10.1. The third-order valence-corrected chi connectivity index (χ3v) is 6.45. The normalized spacial score (nSPS) is 15.1. The van der Waals surface area contributed by atoms with Crippen LogP contribution in [-0.2, 0) is 14.8 Å². The highest BCUT2D eigenvalue weighted by Crippen LogP contribution is 2.26. The molecule has 0 bridgehead atoms. The van der Waals surface area contributed by atoms with Gasteiger partial charge in [0, 0.05) is 24.7 Å². The van der Waals surface area contributed by atoms with E-state index in [0.717, 1.165) is 22.5 Å². The van der Waals surface area contributed by atoms with E-state index in [-0.39, 0.29) is 48.8 Å². The molecule has 0 atom stereocenters. The van der Waals surface area contributed by atoms with Gasteiger partial charge in [0.1, 0.15) is 10.7 Å². The van der Waals surface area contributed by atoms with Crippen molar-refractivity contribution in [1.82, 2.24) is 4.31 Å². The summed E-state index contributed by atoms with van der Waals surface area (Å²) in [5, 5.41) is 13.5. The molecule has 0 spiro atoms. The van der Waals surface area contributed by atoms with E-state index in [4.69, 9.17) is 4.74 Å². The van der Waals surface area contributed by atoms with Crippen LogP contribution in [0.1, 0.15) is 15.9 Å². The average molecular weight is 423 g/mol. The fraction of sp³-hybridized carbons (Fsp3) is 0.278. The predicted octanol–water partition coefficient (Wildman–Crippen LogP) is 2.32. The minimum Gasteiger partial charge on any atom is -0.379 e. The number of rotatable bonds is 5. The van der Waals surface area contributed by atoms with Crippen molar-refractivity contribution in [3.63, 3.8) is 0 Å². The number of benzene rings is 2. The summed E-state index contributed by atoms with van der Waals surface area (Å²) in [6, 6.07) is 7.21. The highest BCUT2D eigenvalue weighted by molar-refractivity contribution is 7.89. The molecule has 1 amide bonds. The lowest BCUT2D eigenvalue weighted by Crippen LogP contribution is -2.41. The molecule has 1 N–H and O–H groups in total. The van der Waals surface area contributed by atoms with Crippen LogP contribution in [0.4, 0.5) is 15.8 Å². The molecule has 3 rings (SSSR count). The SMILES string of the molecule is Cc1c(NC(=O)c2ccc(F)c(S(=O)(=O)N3CCOCC3)c2)cccc1[N+](=O)[O-]. The molecule has 0 unspecified atom stereocenters. The highest BCUT2D eigenvalue weighted by Gasteiger charge is 2.30. The summed E-state index contributed by atoms with van der Waals surface area (Å²) in [7, 11) is -4.14. The molecular weight excluding hydrogens is 405 g/mol. The molecule has 154 valence electrons. The highest BCUT2D eigenvalue weighted by atomic mass is 32.2. The largest absolute Gasteiger partial charge is 0.379 e. The van der Waals surface area contributed by atoms with Gasteiger partial charge in [-0.3, -0.25) is 14.9 Å². The number of ether oxygens (including phenoxy) is 1. The van der Waals surface area contributed by atoms with E-state index in [1.54, 1.807) is 0 Å². The van der Waals surface area contributed by atoms with Gasteiger partial charge in [0.15, 0.2) is 0 Å². The molecule has 0 radical (unpaired) electrons. The van der Waals surface area contributed by atoms with Gasteiger partial charge in [-0.25, -0.2) is 12.8 Å². The van der Waals surface area contributed by atoms with Crippen LogP contribution in [0.3, 0.4) is 0 Å². The summed E-state index contributed by atoms with van der Waals surface area (Å²) in [5.74, 6) is -1.69. The summed E-state index contributed by atoms with van der Waals surface area (Å²) in [6.07, 6.45) is 0. The number of hydrogen-bond donors (Lipinski definition) is 1. The van der Waals surface area contributed by atoms with Crippen LogP contribution in [0.25, 0.3) is 0 Å². The Kier molecular flexibility index (Phi) is 5.91. The topological polar surface area (TPSA) is 119 Å². The maximum Gasteiger partial charge on any atom is 0.274 e. The number of nitrogens with one attached hydrogen (secondary N) is 1. The summed E-state index contributed by atoms with van der Waals surface area (Å²) < 4.78 is 46.0. The molecule has 0 aliphatic carbocycles. The number of carbonyl (C=O) groups is 1. The van der Waals surface area contributed by atoms with Gasteiger partial charge in [0.2, 0.25) is 10.0 Å². The fourth-order valence-electron chi connectivity index (χ4n) is 2.92. The number of nitrogens with zero attached hydrogens (tertiary/aromatic N) is 2. The third-order valence-electron chi connectivity index (χ3n) is 4.53. The Morgan fingerprint density at radius 3 is 2.59 bits per heavy atom. The molecule has 11 heteroatoms. The van der Waals surface area contributed by atoms with Gasteiger partial charge in [0.05, 0.1) is 29.4 Å². The zero-order chi connectivity index (χ0) is 21.2. The molecule has 2 aromatic rings. The van der Waals surface area contributed by atoms with Crippen LogP contribution in [0.2, 0.25) is 0 Å². The molecule has 0 aromatic heterocycles. The monoisotopic (exact) mass is 423 g/mol. The minimum atomic E-state index is -4.14. The van der Waals surface area contributed by atoms with Gasteiger partial charge in [-0.2, -0.15) is 4.31 Å². The third kappa shape index (κ3) is 4.26. The van der Waals surface area contributed by atoms with Gasteiger partial charge < -0.3 is 10.1 Å². The van der Waals surface area contributed by atoms with Crippen molar-refractivity contribution < 1.29 is 27.3 Å². The Morgan fingerprint density at radius 1 is 1.24 bits per heavy atom. The molecule has 1 fully saturated rings. The second-order valence-corrected chi connectivity index (χ2v) is 8.23. The van der Waals surface area contributed by atoms with E-state index < -0.39 is 31.6 Å². The zero-order valence-corrected chi connectivity index (χ0v) is 16.2. The Morgan fingerprint density at radius 2 is 1.93 bits per heavy atom. The average Bonchev–Trinajstić information content (AvgIpc) is 2.70. The summed E-state index contributed by atoms with van der Waals surface area (Å²) >= 11 is 0. The second kappa shape index (κ2) is 8.23. The molecular formula is C18H18FN3O6S. The van der Waals surface area contributed by atoms with Gasteiger partial charge in [-0.05, 0) is 31.2 Å². The summed E-state index contributed by atoms with van der Waals surface area (Å²) in [4.78, 5) is 22.4. The first kappa shape index (κ1) is 20.8. The smallest absolute Gasteiger partial charge is 0.274 e. The first-order valence-electron chi connectivity index (χ1n) is 8.64. The van der Waals surface area contributed by atoms with Crippen molar-refractivity contribution in [3.05, 3.63) is 63.5 Å². The van der Waals surface area contributed by atoms with Crippen LogP contribution < -0.4 is 5.32 Å². The number of anilines is 1. The molecule has 1 saturated heterocycles. The maximum atomic E-state index is 14.3. The van der Waals surface area contributed by atoms with Crippen molar-refractivity contribution in [2.75, 3.05) is 31.6 Å². The number of nitro groups is 1. The van der Waals surface area contributed by atoms with Crippen molar-refractivity contribution in [3.8, 4) is 0 Å². The van der Waals surface area contributed by atoms with Gasteiger partial charge in [-0.15, -0.1) is 0 Å². The first-order valence-corrected chi connectivity index (χ1v) is 10.1. The lowest BCUT2D eigenvalue weighted by molar-refractivity contribution is -0.385. The van der Waals surface area contributed by atoms with Gasteiger partial charge >= 0.3 is 0 Å². The second-order valence-electron chi connectivity index (χ2n) is 6.32. The Balaban J connectivity index is 1.91. The maximum absolute atomic E-state index is 14.3. The summed E-state index contributed by atoms with van der Waals surface area (Å²) in [6.45, 7) is 2.06. The zero-order valence-electron chi connectivity index (χ0n) is 15.4. The van der Waals surface area contributed by atoms with Crippen molar-refractivity contribution >= 4 is 27.3 Å². The van der Waals surface area contributed by atoms with E-state index >= 15 is 0 Å². The van der Waals surface area contributed by atoms with Crippen LogP contribution >= 0.6 is 0 Å². The Bertz CT molecular complexity index is 1070. The van der Waals surface area contributed by atoms with Crippen LogP contribution in [-0.4, -0.2) is 49.9 Å². The van der Waals surface area contributed by atoms with E-state index in [2.05, 4.69) is 5.32 Å². The molecule has 0 saturated carbocycles. The fourth-order valence-corrected chi connectivity index (χ4v) is 4.42. The molecule has 1 heterocycles. The number of hydrogen-bond acceptors (Lipinski definition) is 6. The molecule has 9 nitrogen and oxygen atoms in total. The number of morpholine rings is 1. The molecule has 2 aromatic carbocycles. The van der Waals surface area contributed by atoms with Crippen molar-refractivity contribution in [2.45, 2.75) is 11.8 Å². The number of carbonyl (C=O) groups excluding carboxylic acids is 1. The van der Waals surface area contributed by atoms with Crippen molar-refractivity contribution in [1.29, 1.82) is 0 Å². The van der Waals surface area contributed by atoms with Gasteiger partial charge in [-0.1, -0.05) is 6.07 Å². The number of sulfonamides is 1. The summed E-state index contributed by atoms with van der Waals surface area (Å²) in [5.41, 5.74) is 0.182. The number of halogens is 1. The van der Waals surface area contributed by atoms with E-state index in [1.165, 1.54) is 25.1 Å². The van der Waals surface area contributed by atoms with E-state index in [9.17, 15) is 27.7 Å². The van der Waals surface area contributed by atoms with Gasteiger partial charge in [0.25, 0.3) is 11.6 Å². The molecule has 29 heavy (non-hydrogen) atoms. The molecule has 1 aliphatic rings. The Labute approximate surface area is 166 Å². The predicted molar refractivity (Wildman–Crippen MR) is 102 cm³/mol. The van der Waals surface area contributed by atoms with E-state index in [0.29, 0.717) is 0 Å². The Hall–Kier alpha value is -2.89. The van der Waals surface area contributed by atoms with E-state index in [1.807, 2.05) is 0 Å². The number of amides is 1. The minimum absolute atomic E-state index is 0.0884. The van der Waals surface area contributed by atoms with Crippen LogP contribution in [0.5, 0.6) is 0 Å². The quantitative estimate of drug-likeness (QED) is 0.582.